The van der Waals surface area contributed by atoms with Crippen LogP contribution in [0.3, 0.4) is 0 Å². The molecule has 0 aliphatic carbocycles. The molecule has 0 unspecified atom stereocenters. The molecule has 0 amide bonds. The molecule has 2 aromatic rings. The fourth-order valence-corrected chi connectivity index (χ4v) is 2.19. The number of nitrogen functional groups attached to an aromatic ring is 2. The number of aromatic nitrogens is 2. The van der Waals surface area contributed by atoms with Crippen LogP contribution in [0.1, 0.15) is 5.56 Å². The lowest BCUT2D eigenvalue weighted by Crippen LogP contribution is -1.94. The number of H-pyrrole nitrogens is 1. The lowest BCUT2D eigenvalue weighted by Gasteiger charge is -1.94. The highest BCUT2D eigenvalue weighted by molar-refractivity contribution is 7.22. The molecule has 5 nitrogen and oxygen atoms in total. The Bertz CT molecular complexity index is 433. The Morgan fingerprint density at radius 2 is 2.23 bits per heavy atom. The maximum atomic E-state index is 8.81. The molecular weight excluding hydrogens is 188 g/mol. The summed E-state index contributed by atoms with van der Waals surface area (Å²) in [5, 5.41) is 9.33. The van der Waals surface area contributed by atoms with Crippen molar-refractivity contribution in [3.05, 3.63) is 5.56 Å². The van der Waals surface area contributed by atoms with Crippen molar-refractivity contribution < 1.29 is 5.11 Å². The van der Waals surface area contributed by atoms with Gasteiger partial charge in [-0.05, 0) is 0 Å². The fourth-order valence-electron chi connectivity index (χ4n) is 1.31. The van der Waals surface area contributed by atoms with Gasteiger partial charge in [-0.1, -0.05) is 11.3 Å². The zero-order valence-corrected chi connectivity index (χ0v) is 7.69. The Morgan fingerprint density at radius 3 is 2.92 bits per heavy atom. The first-order valence-electron chi connectivity index (χ1n) is 3.85. The van der Waals surface area contributed by atoms with Crippen LogP contribution in [0.4, 0.5) is 10.9 Å². The summed E-state index contributed by atoms with van der Waals surface area (Å²) in [5.41, 5.74) is 12.8. The first kappa shape index (κ1) is 8.33. The first-order chi connectivity index (χ1) is 6.22. The lowest BCUT2D eigenvalue weighted by atomic mass is 10.2. The molecule has 0 saturated carbocycles. The Balaban J connectivity index is 2.61. The third-order valence-electron chi connectivity index (χ3n) is 1.86. The summed E-state index contributed by atoms with van der Waals surface area (Å²) in [7, 11) is 0. The molecule has 70 valence electrons. The Morgan fingerprint density at radius 1 is 1.46 bits per heavy atom. The number of aliphatic hydroxyl groups is 1. The van der Waals surface area contributed by atoms with Gasteiger partial charge in [-0.3, -0.25) is 0 Å². The van der Waals surface area contributed by atoms with Crippen molar-refractivity contribution in [2.45, 2.75) is 6.42 Å². The van der Waals surface area contributed by atoms with E-state index >= 15 is 0 Å². The molecule has 0 aliphatic rings. The monoisotopic (exact) mass is 198 g/mol. The molecule has 2 rings (SSSR count). The van der Waals surface area contributed by atoms with Crippen molar-refractivity contribution in [3.8, 4) is 0 Å². The highest BCUT2D eigenvalue weighted by Gasteiger charge is 2.12. The van der Waals surface area contributed by atoms with Crippen molar-refractivity contribution in [3.63, 3.8) is 0 Å². The number of aromatic amines is 1. The van der Waals surface area contributed by atoms with Gasteiger partial charge in [-0.25, -0.2) is 4.98 Å². The van der Waals surface area contributed by atoms with Gasteiger partial charge in [0.15, 0.2) is 10.8 Å². The van der Waals surface area contributed by atoms with E-state index in [1.54, 1.807) is 0 Å². The van der Waals surface area contributed by atoms with E-state index in [9.17, 15) is 0 Å². The second kappa shape index (κ2) is 2.90. The summed E-state index contributed by atoms with van der Waals surface area (Å²) in [6.07, 6.45) is 0.535. The number of thiazole rings is 1. The van der Waals surface area contributed by atoms with Gasteiger partial charge < -0.3 is 21.6 Å². The van der Waals surface area contributed by atoms with Crippen LogP contribution in [-0.2, 0) is 6.42 Å². The SMILES string of the molecule is Nc1nc2[nH]c(N)c(CCO)c2s1. The number of rotatable bonds is 2. The number of nitrogens with two attached hydrogens (primary N) is 2. The molecule has 0 fully saturated rings. The molecule has 2 aromatic heterocycles. The number of nitrogens with zero attached hydrogens (tertiary/aromatic N) is 1. The number of nitrogens with one attached hydrogen (secondary N) is 1. The van der Waals surface area contributed by atoms with Crippen molar-refractivity contribution in [1.82, 2.24) is 9.97 Å². The highest BCUT2D eigenvalue weighted by atomic mass is 32.1. The Hall–Kier alpha value is -1.27. The summed E-state index contributed by atoms with van der Waals surface area (Å²) in [6, 6.07) is 0. The van der Waals surface area contributed by atoms with Gasteiger partial charge >= 0.3 is 0 Å². The van der Waals surface area contributed by atoms with Gasteiger partial charge in [-0.2, -0.15) is 0 Å². The van der Waals surface area contributed by atoms with Crippen molar-refractivity contribution in [2.75, 3.05) is 18.1 Å². The molecule has 0 radical (unpaired) electrons. The van der Waals surface area contributed by atoms with Gasteiger partial charge in [0.1, 0.15) is 5.82 Å². The van der Waals surface area contributed by atoms with Crippen LogP contribution in [0.25, 0.3) is 10.3 Å². The minimum atomic E-state index is 0.0783. The Kier molecular flexibility index (Phi) is 1.86. The molecule has 13 heavy (non-hydrogen) atoms. The van der Waals surface area contributed by atoms with Gasteiger partial charge in [-0.15, -0.1) is 0 Å². The van der Waals surface area contributed by atoms with Crippen LogP contribution < -0.4 is 11.5 Å². The normalized spacial score (nSPS) is 11.2. The van der Waals surface area contributed by atoms with Crippen molar-refractivity contribution in [2.24, 2.45) is 0 Å². The predicted octanol–water partition coefficient (Wildman–Crippen LogP) is 0.324. The van der Waals surface area contributed by atoms with Crippen LogP contribution in [0, 0.1) is 0 Å². The summed E-state index contributed by atoms with van der Waals surface area (Å²) >= 11 is 1.38. The molecule has 2 heterocycles. The molecular formula is C7H10N4OS. The van der Waals surface area contributed by atoms with Crippen LogP contribution in [0.2, 0.25) is 0 Å². The molecule has 0 atom stereocenters. The van der Waals surface area contributed by atoms with E-state index in [2.05, 4.69) is 9.97 Å². The molecule has 0 aromatic carbocycles. The van der Waals surface area contributed by atoms with Crippen LogP contribution in [-0.4, -0.2) is 21.7 Å². The molecule has 0 aliphatic heterocycles. The van der Waals surface area contributed by atoms with Crippen LogP contribution in [0.5, 0.6) is 0 Å². The molecule has 6 heteroatoms. The molecule has 0 bridgehead atoms. The van der Waals surface area contributed by atoms with E-state index in [0.29, 0.717) is 23.0 Å². The minimum Gasteiger partial charge on any atom is -0.396 e. The molecule has 6 N–H and O–H groups in total. The average Bonchev–Trinajstić information content (AvgIpc) is 2.52. The summed E-state index contributed by atoms with van der Waals surface area (Å²) in [4.78, 5) is 6.97. The number of hydrogen-bond acceptors (Lipinski definition) is 5. The predicted molar refractivity (Wildman–Crippen MR) is 53.6 cm³/mol. The molecule has 0 spiro atoms. The summed E-state index contributed by atoms with van der Waals surface area (Å²) < 4.78 is 0.948. The lowest BCUT2D eigenvalue weighted by molar-refractivity contribution is 0.300. The Labute approximate surface area is 78.4 Å². The minimum absolute atomic E-state index is 0.0783. The van der Waals surface area contributed by atoms with Gasteiger partial charge in [0, 0.05) is 18.6 Å². The van der Waals surface area contributed by atoms with Crippen molar-refractivity contribution >= 4 is 32.6 Å². The summed E-state index contributed by atoms with van der Waals surface area (Å²) in [5.74, 6) is 0.572. The fraction of sp³-hybridized carbons (Fsp3) is 0.286. The van der Waals surface area contributed by atoms with E-state index in [1.165, 1.54) is 11.3 Å². The largest absolute Gasteiger partial charge is 0.396 e. The standard InChI is InChI=1S/C7H10N4OS/c8-5-3(1-2-12)4-6(10-5)11-7(9)13-4/h10,12H,1-2,8H2,(H2,9,11). The van der Waals surface area contributed by atoms with Crippen molar-refractivity contribution in [1.29, 1.82) is 0 Å². The van der Waals surface area contributed by atoms with E-state index < -0.39 is 0 Å². The highest BCUT2D eigenvalue weighted by Crippen LogP contribution is 2.30. The maximum Gasteiger partial charge on any atom is 0.182 e. The average molecular weight is 198 g/mol. The third kappa shape index (κ3) is 1.24. The smallest absolute Gasteiger partial charge is 0.182 e. The first-order valence-corrected chi connectivity index (χ1v) is 4.67. The van der Waals surface area contributed by atoms with Crippen LogP contribution >= 0.6 is 11.3 Å². The zero-order valence-electron chi connectivity index (χ0n) is 6.87. The topological polar surface area (TPSA) is 101 Å². The second-order valence-electron chi connectivity index (χ2n) is 2.72. The van der Waals surface area contributed by atoms with E-state index in [-0.39, 0.29) is 6.61 Å². The quantitative estimate of drug-likeness (QED) is 0.558. The number of anilines is 2. The number of aliphatic hydroxyl groups excluding tert-OH is 1. The van der Waals surface area contributed by atoms with Crippen LogP contribution in [0.15, 0.2) is 0 Å². The number of fused-ring (bicyclic) bond motifs is 1. The van der Waals surface area contributed by atoms with E-state index in [1.807, 2.05) is 0 Å². The summed E-state index contributed by atoms with van der Waals surface area (Å²) in [6.45, 7) is 0.0783. The van der Waals surface area contributed by atoms with E-state index in [4.69, 9.17) is 16.6 Å². The third-order valence-corrected chi connectivity index (χ3v) is 2.80. The molecule has 0 saturated heterocycles. The number of hydrogen-bond donors (Lipinski definition) is 4. The van der Waals surface area contributed by atoms with E-state index in [0.717, 1.165) is 10.3 Å². The van der Waals surface area contributed by atoms with Gasteiger partial charge in [0.25, 0.3) is 0 Å². The van der Waals surface area contributed by atoms with Gasteiger partial charge in [0.2, 0.25) is 0 Å². The second-order valence-corrected chi connectivity index (χ2v) is 3.75. The zero-order chi connectivity index (χ0) is 9.42. The van der Waals surface area contributed by atoms with Gasteiger partial charge in [0.05, 0.1) is 4.70 Å². The maximum absolute atomic E-state index is 8.81.